The predicted molar refractivity (Wildman–Crippen MR) is 87.0 cm³/mol. The van der Waals surface area contributed by atoms with Crippen LogP contribution in [0.25, 0.3) is 0 Å². The van der Waals surface area contributed by atoms with Crippen molar-refractivity contribution >= 4 is 11.4 Å². The number of para-hydroxylation sites is 1. The molecule has 0 aliphatic rings. The van der Waals surface area contributed by atoms with Crippen molar-refractivity contribution in [1.29, 1.82) is 0 Å². The highest BCUT2D eigenvalue weighted by atomic mass is 16.3. The van der Waals surface area contributed by atoms with Gasteiger partial charge in [0.15, 0.2) is 0 Å². The Morgan fingerprint density at radius 2 is 1.38 bits per heavy atom. The molecular formula is C16H28N2O3. The molecule has 0 spiro atoms. The van der Waals surface area contributed by atoms with Gasteiger partial charge in [0, 0.05) is 26.3 Å². The molecule has 0 atom stereocenters. The van der Waals surface area contributed by atoms with Gasteiger partial charge in [0.1, 0.15) is 11.4 Å². The van der Waals surface area contributed by atoms with Gasteiger partial charge in [-0.05, 0) is 50.7 Å². The maximum atomic E-state index is 9.96. The van der Waals surface area contributed by atoms with Gasteiger partial charge in [-0.1, -0.05) is 6.07 Å². The quantitative estimate of drug-likeness (QED) is 0.302. The highest BCUT2D eigenvalue weighted by Gasteiger charge is 2.06. The number of aliphatic hydroxyl groups is 2. The third kappa shape index (κ3) is 7.20. The number of unbranched alkanes of at least 4 members (excludes halogenated alkanes) is 4. The van der Waals surface area contributed by atoms with E-state index in [-0.39, 0.29) is 19.0 Å². The van der Waals surface area contributed by atoms with Gasteiger partial charge in [0.2, 0.25) is 0 Å². The molecule has 0 aliphatic carbocycles. The minimum Gasteiger partial charge on any atom is -0.506 e. The van der Waals surface area contributed by atoms with Crippen LogP contribution in [0.3, 0.4) is 0 Å². The van der Waals surface area contributed by atoms with Gasteiger partial charge < -0.3 is 26.0 Å². The first kappa shape index (κ1) is 17.6. The summed E-state index contributed by atoms with van der Waals surface area (Å²) in [5.74, 6) is 0.248. The first-order chi connectivity index (χ1) is 10.3. The molecule has 0 radical (unpaired) electrons. The summed E-state index contributed by atoms with van der Waals surface area (Å²) in [5, 5.41) is 34.0. The molecule has 0 aliphatic heterocycles. The Hall–Kier alpha value is -1.46. The average molecular weight is 296 g/mol. The van der Waals surface area contributed by atoms with Gasteiger partial charge in [-0.25, -0.2) is 0 Å². The van der Waals surface area contributed by atoms with Crippen LogP contribution in [0.2, 0.25) is 0 Å². The normalized spacial score (nSPS) is 10.6. The van der Waals surface area contributed by atoms with E-state index in [4.69, 9.17) is 10.2 Å². The van der Waals surface area contributed by atoms with Gasteiger partial charge in [-0.15, -0.1) is 0 Å². The lowest BCUT2D eigenvalue weighted by Gasteiger charge is -2.15. The summed E-state index contributed by atoms with van der Waals surface area (Å²) in [6.07, 6.45) is 5.57. The molecule has 0 fully saturated rings. The van der Waals surface area contributed by atoms with E-state index in [1.165, 1.54) is 0 Å². The smallest absolute Gasteiger partial charge is 0.140 e. The fraction of sp³-hybridized carbons (Fsp3) is 0.625. The maximum absolute atomic E-state index is 9.96. The number of phenols is 1. The molecule has 21 heavy (non-hydrogen) atoms. The highest BCUT2D eigenvalue weighted by Crippen LogP contribution is 2.31. The van der Waals surface area contributed by atoms with Gasteiger partial charge in [0.25, 0.3) is 0 Å². The van der Waals surface area contributed by atoms with E-state index >= 15 is 0 Å². The molecule has 1 aromatic carbocycles. The summed E-state index contributed by atoms with van der Waals surface area (Å²) < 4.78 is 0. The molecule has 0 aromatic heterocycles. The molecule has 0 heterocycles. The van der Waals surface area contributed by atoms with Crippen molar-refractivity contribution in [3.63, 3.8) is 0 Å². The van der Waals surface area contributed by atoms with E-state index in [0.717, 1.165) is 63.0 Å². The minimum atomic E-state index is 0.233. The molecule has 0 unspecified atom stereocenters. The number of anilines is 2. The van der Waals surface area contributed by atoms with Gasteiger partial charge in [-0.3, -0.25) is 0 Å². The monoisotopic (exact) mass is 296 g/mol. The van der Waals surface area contributed by atoms with Crippen molar-refractivity contribution in [2.24, 2.45) is 0 Å². The second-order valence-corrected chi connectivity index (χ2v) is 5.12. The molecule has 0 saturated carbocycles. The zero-order valence-electron chi connectivity index (χ0n) is 12.6. The molecule has 5 heteroatoms. The number of hydrogen-bond acceptors (Lipinski definition) is 5. The van der Waals surface area contributed by atoms with Crippen LogP contribution in [0.15, 0.2) is 18.2 Å². The summed E-state index contributed by atoms with van der Waals surface area (Å²) in [6, 6.07) is 5.44. The highest BCUT2D eigenvalue weighted by molar-refractivity contribution is 5.75. The third-order valence-corrected chi connectivity index (χ3v) is 3.33. The second kappa shape index (κ2) is 11.2. The number of phenolic OH excluding ortho intramolecular Hbond substituents is 1. The van der Waals surface area contributed by atoms with Crippen molar-refractivity contribution in [1.82, 2.24) is 0 Å². The largest absolute Gasteiger partial charge is 0.506 e. The number of aliphatic hydroxyl groups excluding tert-OH is 2. The van der Waals surface area contributed by atoms with Crippen LogP contribution in [0.1, 0.15) is 38.5 Å². The molecular weight excluding hydrogens is 268 g/mol. The number of hydrogen-bond donors (Lipinski definition) is 5. The van der Waals surface area contributed by atoms with Gasteiger partial charge >= 0.3 is 0 Å². The van der Waals surface area contributed by atoms with Crippen LogP contribution >= 0.6 is 0 Å². The van der Waals surface area contributed by atoms with Crippen molar-refractivity contribution < 1.29 is 15.3 Å². The van der Waals surface area contributed by atoms with E-state index in [9.17, 15) is 5.11 Å². The molecule has 0 saturated heterocycles. The maximum Gasteiger partial charge on any atom is 0.140 e. The fourth-order valence-corrected chi connectivity index (χ4v) is 2.14. The lowest BCUT2D eigenvalue weighted by Crippen LogP contribution is -2.08. The number of rotatable bonds is 12. The van der Waals surface area contributed by atoms with Crippen molar-refractivity contribution in [2.75, 3.05) is 36.9 Å². The SMILES string of the molecule is OCCCCCNc1cccc(O)c1NCCCCCO. The van der Waals surface area contributed by atoms with Crippen molar-refractivity contribution in [3.8, 4) is 5.75 Å². The molecule has 1 rings (SSSR count). The van der Waals surface area contributed by atoms with Crippen molar-refractivity contribution in [3.05, 3.63) is 18.2 Å². The number of benzene rings is 1. The average Bonchev–Trinajstić information content (AvgIpc) is 2.49. The van der Waals surface area contributed by atoms with Crippen LogP contribution in [0, 0.1) is 0 Å². The standard InChI is InChI=1S/C16H28N2O3/c19-12-5-1-3-10-17-14-8-7-9-15(21)16(14)18-11-4-2-6-13-20/h7-9,17-21H,1-6,10-13H2. The van der Waals surface area contributed by atoms with Gasteiger partial charge in [-0.2, -0.15) is 0 Å². The van der Waals surface area contributed by atoms with E-state index in [0.29, 0.717) is 0 Å². The van der Waals surface area contributed by atoms with E-state index in [1.54, 1.807) is 6.07 Å². The molecule has 120 valence electrons. The molecule has 0 bridgehead atoms. The Labute approximate surface area is 127 Å². The summed E-state index contributed by atoms with van der Waals surface area (Å²) in [7, 11) is 0. The molecule has 5 N–H and O–H groups in total. The van der Waals surface area contributed by atoms with E-state index < -0.39 is 0 Å². The minimum absolute atomic E-state index is 0.233. The Kier molecular flexibility index (Phi) is 9.40. The zero-order chi connectivity index (χ0) is 15.3. The first-order valence-electron chi connectivity index (χ1n) is 7.81. The Bertz CT molecular complexity index is 386. The topological polar surface area (TPSA) is 84.8 Å². The van der Waals surface area contributed by atoms with E-state index in [1.807, 2.05) is 12.1 Å². The Morgan fingerprint density at radius 1 is 0.762 bits per heavy atom. The fourth-order valence-electron chi connectivity index (χ4n) is 2.14. The van der Waals surface area contributed by atoms with Crippen LogP contribution in [0.4, 0.5) is 11.4 Å². The predicted octanol–water partition coefficient (Wildman–Crippen LogP) is 2.54. The summed E-state index contributed by atoms with van der Waals surface area (Å²) in [6.45, 7) is 2.07. The Morgan fingerprint density at radius 3 is 2.00 bits per heavy atom. The summed E-state index contributed by atoms with van der Waals surface area (Å²) in [4.78, 5) is 0. The molecule has 0 amide bonds. The van der Waals surface area contributed by atoms with Crippen LogP contribution < -0.4 is 10.6 Å². The summed E-state index contributed by atoms with van der Waals surface area (Å²) in [5.41, 5.74) is 1.64. The molecule has 1 aromatic rings. The lowest BCUT2D eigenvalue weighted by molar-refractivity contribution is 0.283. The third-order valence-electron chi connectivity index (χ3n) is 3.33. The summed E-state index contributed by atoms with van der Waals surface area (Å²) >= 11 is 0. The van der Waals surface area contributed by atoms with Gasteiger partial charge in [0.05, 0.1) is 5.69 Å². The first-order valence-corrected chi connectivity index (χ1v) is 7.81. The van der Waals surface area contributed by atoms with E-state index in [2.05, 4.69) is 10.6 Å². The Balaban J connectivity index is 2.41. The van der Waals surface area contributed by atoms with Crippen LogP contribution in [-0.2, 0) is 0 Å². The number of nitrogens with one attached hydrogen (secondary N) is 2. The molecule has 5 nitrogen and oxygen atoms in total. The zero-order valence-corrected chi connectivity index (χ0v) is 12.6. The van der Waals surface area contributed by atoms with Crippen molar-refractivity contribution in [2.45, 2.75) is 38.5 Å². The number of aromatic hydroxyl groups is 1. The van der Waals surface area contributed by atoms with Crippen LogP contribution in [-0.4, -0.2) is 41.6 Å². The lowest BCUT2D eigenvalue weighted by atomic mass is 10.2. The van der Waals surface area contributed by atoms with Crippen LogP contribution in [0.5, 0.6) is 5.75 Å². The second-order valence-electron chi connectivity index (χ2n) is 5.12.